The fourth-order valence-electron chi connectivity index (χ4n) is 6.02. The molecule has 6 aromatic carbocycles. The van der Waals surface area contributed by atoms with Crippen molar-refractivity contribution in [3.8, 4) is 56.2 Å². The van der Waals surface area contributed by atoms with Gasteiger partial charge in [-0.15, -0.1) is 11.3 Å². The molecule has 0 radical (unpaired) electrons. The molecule has 0 saturated carbocycles. The van der Waals surface area contributed by atoms with E-state index in [9.17, 15) is 0 Å². The highest BCUT2D eigenvalue weighted by Crippen LogP contribution is 2.37. The van der Waals surface area contributed by atoms with Crippen LogP contribution in [-0.2, 0) is 0 Å². The van der Waals surface area contributed by atoms with E-state index in [1.807, 2.05) is 23.5 Å². The van der Waals surface area contributed by atoms with Gasteiger partial charge in [0.1, 0.15) is 0 Å². The second-order valence-electron chi connectivity index (χ2n) is 11.1. The zero-order valence-electron chi connectivity index (χ0n) is 24.2. The molecule has 0 spiro atoms. The number of thiophene rings is 1. The minimum atomic E-state index is 0.734. The van der Waals surface area contributed by atoms with Crippen LogP contribution in [0.1, 0.15) is 5.56 Å². The standard InChI is InChI=1S/C41H28N2S/c1-27-33(29-21-19-28(20-22-29)32-23-24-40-36(25-32)35-15-8-9-18-39(35)44-40)16-10-17-34(27)41-42-37(30-11-4-2-5-12-30)26-38(43-41)31-13-6-3-7-14-31/h2-26H,1H3. The van der Waals surface area contributed by atoms with Gasteiger partial charge in [-0.3, -0.25) is 0 Å². The lowest BCUT2D eigenvalue weighted by Crippen LogP contribution is -1.98. The number of rotatable bonds is 5. The quantitative estimate of drug-likeness (QED) is 0.202. The summed E-state index contributed by atoms with van der Waals surface area (Å²) in [5.41, 5.74) is 11.0. The van der Waals surface area contributed by atoms with Crippen molar-refractivity contribution in [1.82, 2.24) is 9.97 Å². The van der Waals surface area contributed by atoms with E-state index in [-0.39, 0.29) is 0 Å². The summed E-state index contributed by atoms with van der Waals surface area (Å²) in [4.78, 5) is 10.2. The van der Waals surface area contributed by atoms with Gasteiger partial charge in [-0.2, -0.15) is 0 Å². The van der Waals surface area contributed by atoms with E-state index < -0.39 is 0 Å². The van der Waals surface area contributed by atoms with Gasteiger partial charge in [0.05, 0.1) is 11.4 Å². The van der Waals surface area contributed by atoms with Crippen LogP contribution in [0.2, 0.25) is 0 Å². The fraction of sp³-hybridized carbons (Fsp3) is 0.0244. The molecular formula is C41H28N2S. The second kappa shape index (κ2) is 11.0. The summed E-state index contributed by atoms with van der Waals surface area (Å²) in [5, 5.41) is 2.65. The largest absolute Gasteiger partial charge is 0.228 e. The lowest BCUT2D eigenvalue weighted by atomic mass is 9.94. The van der Waals surface area contributed by atoms with Crippen LogP contribution in [-0.4, -0.2) is 9.97 Å². The molecule has 2 aromatic heterocycles. The first-order chi connectivity index (χ1) is 21.7. The lowest BCUT2D eigenvalue weighted by molar-refractivity contribution is 1.17. The third-order valence-corrected chi connectivity index (χ3v) is 9.50. The van der Waals surface area contributed by atoms with Crippen LogP contribution in [0.3, 0.4) is 0 Å². The number of fused-ring (bicyclic) bond motifs is 3. The average molecular weight is 581 g/mol. The van der Waals surface area contributed by atoms with Crippen molar-refractivity contribution in [2.45, 2.75) is 6.92 Å². The first-order valence-electron chi connectivity index (χ1n) is 14.8. The predicted molar refractivity (Wildman–Crippen MR) is 187 cm³/mol. The average Bonchev–Trinajstić information content (AvgIpc) is 3.47. The van der Waals surface area contributed by atoms with Crippen molar-refractivity contribution in [3.05, 3.63) is 157 Å². The lowest BCUT2D eigenvalue weighted by Gasteiger charge is -2.14. The highest BCUT2D eigenvalue weighted by atomic mass is 32.1. The monoisotopic (exact) mass is 580 g/mol. The van der Waals surface area contributed by atoms with Gasteiger partial charge >= 0.3 is 0 Å². The van der Waals surface area contributed by atoms with Crippen LogP contribution in [0, 0.1) is 6.92 Å². The molecule has 8 aromatic rings. The van der Waals surface area contributed by atoms with Crippen molar-refractivity contribution in [2.24, 2.45) is 0 Å². The zero-order valence-corrected chi connectivity index (χ0v) is 25.1. The highest BCUT2D eigenvalue weighted by Gasteiger charge is 2.15. The van der Waals surface area contributed by atoms with Gasteiger partial charge < -0.3 is 0 Å². The summed E-state index contributed by atoms with van der Waals surface area (Å²) in [6.45, 7) is 2.18. The van der Waals surface area contributed by atoms with Gasteiger partial charge in [-0.05, 0) is 59.0 Å². The van der Waals surface area contributed by atoms with Crippen LogP contribution in [0.4, 0.5) is 0 Å². The first-order valence-corrected chi connectivity index (χ1v) is 15.6. The first kappa shape index (κ1) is 26.3. The molecule has 0 aliphatic rings. The molecule has 0 bridgehead atoms. The Morgan fingerprint density at radius 2 is 0.977 bits per heavy atom. The van der Waals surface area contributed by atoms with Crippen LogP contribution >= 0.6 is 11.3 Å². The van der Waals surface area contributed by atoms with Crippen LogP contribution < -0.4 is 0 Å². The maximum Gasteiger partial charge on any atom is 0.160 e. The normalized spacial score (nSPS) is 11.3. The Balaban J connectivity index is 1.18. The van der Waals surface area contributed by atoms with Gasteiger partial charge in [0.15, 0.2) is 5.82 Å². The van der Waals surface area contributed by atoms with E-state index in [1.165, 1.54) is 42.4 Å². The molecule has 208 valence electrons. The second-order valence-corrected chi connectivity index (χ2v) is 12.1. The van der Waals surface area contributed by atoms with Crippen molar-refractivity contribution in [1.29, 1.82) is 0 Å². The molecule has 0 saturated heterocycles. The Morgan fingerprint density at radius 3 is 1.68 bits per heavy atom. The molecule has 0 amide bonds. The predicted octanol–water partition coefficient (Wildman–Crippen LogP) is 11.5. The van der Waals surface area contributed by atoms with Crippen LogP contribution in [0.15, 0.2) is 152 Å². The van der Waals surface area contributed by atoms with Crippen molar-refractivity contribution >= 4 is 31.5 Å². The van der Waals surface area contributed by atoms with Gasteiger partial charge in [0.2, 0.25) is 0 Å². The summed E-state index contributed by atoms with van der Waals surface area (Å²) in [6.07, 6.45) is 0. The molecule has 0 unspecified atom stereocenters. The van der Waals surface area contributed by atoms with E-state index in [0.717, 1.165) is 39.5 Å². The number of hydrogen-bond acceptors (Lipinski definition) is 3. The van der Waals surface area contributed by atoms with Crippen molar-refractivity contribution in [3.63, 3.8) is 0 Å². The van der Waals surface area contributed by atoms with Gasteiger partial charge in [0.25, 0.3) is 0 Å². The summed E-state index contributed by atoms with van der Waals surface area (Å²) in [5.74, 6) is 0.734. The molecule has 2 nitrogen and oxygen atoms in total. The molecular weight excluding hydrogens is 553 g/mol. The SMILES string of the molecule is Cc1c(-c2ccc(-c3ccc4sc5ccccc5c4c3)cc2)cccc1-c1nc(-c2ccccc2)cc(-c2ccccc2)n1. The van der Waals surface area contributed by atoms with E-state index in [4.69, 9.17) is 9.97 Å². The Hall–Kier alpha value is -5.38. The zero-order chi connectivity index (χ0) is 29.5. The number of benzene rings is 6. The van der Waals surface area contributed by atoms with E-state index in [1.54, 1.807) is 0 Å². The molecule has 0 aliphatic carbocycles. The van der Waals surface area contributed by atoms with E-state index in [0.29, 0.717) is 0 Å². The molecule has 44 heavy (non-hydrogen) atoms. The van der Waals surface area contributed by atoms with Crippen LogP contribution in [0.5, 0.6) is 0 Å². The Bertz CT molecular complexity index is 2210. The summed E-state index contributed by atoms with van der Waals surface area (Å²) >= 11 is 1.86. The van der Waals surface area contributed by atoms with Crippen LogP contribution in [0.25, 0.3) is 76.3 Å². The van der Waals surface area contributed by atoms with E-state index >= 15 is 0 Å². The number of hydrogen-bond donors (Lipinski definition) is 0. The summed E-state index contributed by atoms with van der Waals surface area (Å²) in [7, 11) is 0. The highest BCUT2D eigenvalue weighted by molar-refractivity contribution is 7.25. The molecule has 0 aliphatic heterocycles. The van der Waals surface area contributed by atoms with Crippen molar-refractivity contribution < 1.29 is 0 Å². The molecule has 0 fully saturated rings. The summed E-state index contributed by atoms with van der Waals surface area (Å²) in [6, 6.07) is 53.6. The number of aromatic nitrogens is 2. The topological polar surface area (TPSA) is 25.8 Å². The van der Waals surface area contributed by atoms with Gasteiger partial charge in [-0.25, -0.2) is 9.97 Å². The third kappa shape index (κ3) is 4.78. The van der Waals surface area contributed by atoms with Gasteiger partial charge in [0, 0.05) is 36.9 Å². The minimum absolute atomic E-state index is 0.734. The smallest absolute Gasteiger partial charge is 0.160 e. The van der Waals surface area contributed by atoms with Gasteiger partial charge in [-0.1, -0.05) is 127 Å². The molecule has 3 heteroatoms. The Morgan fingerprint density at radius 1 is 0.409 bits per heavy atom. The molecule has 8 rings (SSSR count). The fourth-order valence-corrected chi connectivity index (χ4v) is 7.11. The minimum Gasteiger partial charge on any atom is -0.228 e. The summed E-state index contributed by atoms with van der Waals surface area (Å²) < 4.78 is 2.66. The maximum atomic E-state index is 5.08. The molecule has 0 N–H and O–H groups in total. The van der Waals surface area contributed by atoms with E-state index in [2.05, 4.69) is 146 Å². The maximum absolute atomic E-state index is 5.08. The molecule has 0 atom stereocenters. The number of nitrogens with zero attached hydrogens (tertiary/aromatic N) is 2. The Labute approximate surface area is 261 Å². The molecule has 2 heterocycles. The Kier molecular flexibility index (Phi) is 6.59. The van der Waals surface area contributed by atoms with Crippen molar-refractivity contribution in [2.75, 3.05) is 0 Å². The third-order valence-electron chi connectivity index (χ3n) is 8.35.